The maximum Gasteiger partial charge on any atom is 0.136 e. The number of carbonyl (C=O) groups is 1. The molecule has 0 aromatic rings. The molecule has 124 valence electrons. The SMILES string of the molecule is CC12CCC3C(C(=O)CC4CCC(O)CC43C)C1CCC2O. The van der Waals surface area contributed by atoms with Gasteiger partial charge in [-0.05, 0) is 73.5 Å². The zero-order chi connectivity index (χ0) is 15.7. The molecule has 4 aliphatic carbocycles. The Balaban J connectivity index is 1.70. The van der Waals surface area contributed by atoms with Crippen LogP contribution in [0.5, 0.6) is 0 Å². The summed E-state index contributed by atoms with van der Waals surface area (Å²) in [5.74, 6) is 1.87. The van der Waals surface area contributed by atoms with Crippen molar-refractivity contribution in [3.05, 3.63) is 0 Å². The maximum absolute atomic E-state index is 13.0. The minimum Gasteiger partial charge on any atom is -0.393 e. The summed E-state index contributed by atoms with van der Waals surface area (Å²) in [4.78, 5) is 13.0. The Morgan fingerprint density at radius 3 is 2.45 bits per heavy atom. The lowest BCUT2D eigenvalue weighted by molar-refractivity contribution is -0.163. The van der Waals surface area contributed by atoms with Crippen LogP contribution in [0.4, 0.5) is 0 Å². The molecule has 0 radical (unpaired) electrons. The third-order valence-corrected chi connectivity index (χ3v) is 8.34. The number of carbonyl (C=O) groups excluding carboxylic acids is 1. The summed E-state index contributed by atoms with van der Waals surface area (Å²) in [5, 5.41) is 20.7. The van der Waals surface area contributed by atoms with Crippen LogP contribution in [0.15, 0.2) is 0 Å². The first-order valence-electron chi connectivity index (χ1n) is 9.25. The van der Waals surface area contributed by atoms with Gasteiger partial charge in [-0.1, -0.05) is 13.8 Å². The van der Waals surface area contributed by atoms with Gasteiger partial charge in [-0.25, -0.2) is 0 Å². The molecule has 4 saturated carbocycles. The van der Waals surface area contributed by atoms with Gasteiger partial charge < -0.3 is 10.2 Å². The number of rotatable bonds is 0. The highest BCUT2D eigenvalue weighted by Crippen LogP contribution is 2.65. The van der Waals surface area contributed by atoms with E-state index in [2.05, 4.69) is 13.8 Å². The Labute approximate surface area is 133 Å². The summed E-state index contributed by atoms with van der Waals surface area (Å²) < 4.78 is 0. The van der Waals surface area contributed by atoms with E-state index in [0.717, 1.165) is 44.9 Å². The van der Waals surface area contributed by atoms with Crippen LogP contribution in [0, 0.1) is 34.5 Å². The van der Waals surface area contributed by atoms with Crippen molar-refractivity contribution < 1.29 is 15.0 Å². The molecule has 3 nitrogen and oxygen atoms in total. The molecule has 0 aromatic carbocycles. The average molecular weight is 306 g/mol. The van der Waals surface area contributed by atoms with E-state index >= 15 is 0 Å². The number of hydrogen-bond acceptors (Lipinski definition) is 3. The van der Waals surface area contributed by atoms with Gasteiger partial charge in [0.15, 0.2) is 0 Å². The van der Waals surface area contributed by atoms with E-state index in [1.54, 1.807) is 0 Å². The molecule has 3 heteroatoms. The molecule has 0 amide bonds. The van der Waals surface area contributed by atoms with Crippen LogP contribution in [0.25, 0.3) is 0 Å². The number of Topliss-reactive ketones (excluding diaryl/α,β-unsaturated/α-hetero) is 1. The van der Waals surface area contributed by atoms with Gasteiger partial charge in [-0.3, -0.25) is 4.79 Å². The van der Waals surface area contributed by atoms with Gasteiger partial charge in [-0.15, -0.1) is 0 Å². The fourth-order valence-electron chi connectivity index (χ4n) is 6.97. The highest BCUT2D eigenvalue weighted by atomic mass is 16.3. The predicted octanol–water partition coefficient (Wildman–Crippen LogP) is 2.93. The largest absolute Gasteiger partial charge is 0.393 e. The molecular formula is C19H30O3. The van der Waals surface area contributed by atoms with Crippen LogP contribution in [0.2, 0.25) is 0 Å². The fourth-order valence-corrected chi connectivity index (χ4v) is 6.97. The van der Waals surface area contributed by atoms with Crippen molar-refractivity contribution in [3.63, 3.8) is 0 Å². The molecule has 0 aliphatic heterocycles. The van der Waals surface area contributed by atoms with Crippen molar-refractivity contribution in [2.24, 2.45) is 34.5 Å². The van der Waals surface area contributed by atoms with Crippen LogP contribution in [0.1, 0.15) is 65.2 Å². The van der Waals surface area contributed by atoms with E-state index in [9.17, 15) is 15.0 Å². The number of aliphatic hydroxyl groups excluding tert-OH is 2. The van der Waals surface area contributed by atoms with Crippen molar-refractivity contribution in [2.45, 2.75) is 77.4 Å². The quantitative estimate of drug-likeness (QED) is 0.723. The molecule has 0 bridgehead atoms. The van der Waals surface area contributed by atoms with Gasteiger partial charge in [-0.2, -0.15) is 0 Å². The lowest BCUT2D eigenvalue weighted by atomic mass is 9.44. The molecule has 8 unspecified atom stereocenters. The predicted molar refractivity (Wildman–Crippen MR) is 84.1 cm³/mol. The Hall–Kier alpha value is -0.410. The zero-order valence-electron chi connectivity index (χ0n) is 13.9. The summed E-state index contributed by atoms with van der Waals surface area (Å²) in [6.45, 7) is 4.56. The summed E-state index contributed by atoms with van der Waals surface area (Å²) in [5.41, 5.74) is 0.0818. The normalized spacial score (nSPS) is 57.9. The van der Waals surface area contributed by atoms with E-state index in [0.29, 0.717) is 30.0 Å². The highest BCUT2D eigenvalue weighted by molar-refractivity contribution is 5.83. The second kappa shape index (κ2) is 4.80. The molecule has 4 rings (SSSR count). The first-order valence-corrected chi connectivity index (χ1v) is 9.25. The lowest BCUT2D eigenvalue weighted by Crippen LogP contribution is -2.57. The third kappa shape index (κ3) is 1.84. The van der Waals surface area contributed by atoms with E-state index in [4.69, 9.17) is 0 Å². The molecule has 4 aliphatic rings. The Morgan fingerprint density at radius 1 is 0.955 bits per heavy atom. The second-order valence-corrected chi connectivity index (χ2v) is 9.18. The molecule has 8 atom stereocenters. The van der Waals surface area contributed by atoms with Crippen molar-refractivity contribution in [3.8, 4) is 0 Å². The van der Waals surface area contributed by atoms with Gasteiger partial charge in [0.25, 0.3) is 0 Å². The number of fused-ring (bicyclic) bond motifs is 5. The topological polar surface area (TPSA) is 57.5 Å². The van der Waals surface area contributed by atoms with Gasteiger partial charge in [0.1, 0.15) is 5.78 Å². The summed E-state index contributed by atoms with van der Waals surface area (Å²) in [6.07, 6.45) is 7.03. The number of ketones is 1. The van der Waals surface area contributed by atoms with Crippen molar-refractivity contribution in [2.75, 3.05) is 0 Å². The Morgan fingerprint density at radius 2 is 1.68 bits per heavy atom. The van der Waals surface area contributed by atoms with E-state index in [-0.39, 0.29) is 29.0 Å². The standard InChI is InChI=1S/C19H30O3/c1-18-8-7-14-17(13(18)5-6-16(18)22)15(21)9-11-3-4-12(20)10-19(11,14)2/h11-14,16-17,20,22H,3-10H2,1-2H3. The zero-order valence-corrected chi connectivity index (χ0v) is 13.9. The molecule has 0 aromatic heterocycles. The van der Waals surface area contributed by atoms with Crippen LogP contribution in [-0.2, 0) is 4.79 Å². The smallest absolute Gasteiger partial charge is 0.136 e. The van der Waals surface area contributed by atoms with Crippen molar-refractivity contribution in [1.82, 2.24) is 0 Å². The maximum atomic E-state index is 13.0. The minimum absolute atomic E-state index is 0.0483. The van der Waals surface area contributed by atoms with Gasteiger partial charge in [0.2, 0.25) is 0 Å². The molecule has 22 heavy (non-hydrogen) atoms. The monoisotopic (exact) mass is 306 g/mol. The fraction of sp³-hybridized carbons (Fsp3) is 0.947. The number of aliphatic hydroxyl groups is 2. The Bertz CT molecular complexity index is 489. The Kier molecular flexibility index (Phi) is 3.30. The third-order valence-electron chi connectivity index (χ3n) is 8.34. The van der Waals surface area contributed by atoms with E-state index in [1.165, 1.54) is 0 Å². The summed E-state index contributed by atoms with van der Waals surface area (Å²) in [6, 6.07) is 0. The lowest BCUT2D eigenvalue weighted by Gasteiger charge is -2.59. The molecule has 2 N–H and O–H groups in total. The molecule has 0 spiro atoms. The molecular weight excluding hydrogens is 276 g/mol. The van der Waals surface area contributed by atoms with Crippen LogP contribution < -0.4 is 0 Å². The molecule has 0 saturated heterocycles. The molecule has 4 fully saturated rings. The van der Waals surface area contributed by atoms with Crippen LogP contribution in [-0.4, -0.2) is 28.2 Å². The van der Waals surface area contributed by atoms with Crippen molar-refractivity contribution >= 4 is 5.78 Å². The molecule has 0 heterocycles. The first kappa shape index (κ1) is 15.1. The van der Waals surface area contributed by atoms with Gasteiger partial charge in [0, 0.05) is 12.3 Å². The van der Waals surface area contributed by atoms with Gasteiger partial charge >= 0.3 is 0 Å². The minimum atomic E-state index is -0.228. The highest BCUT2D eigenvalue weighted by Gasteiger charge is 2.62. The van der Waals surface area contributed by atoms with Gasteiger partial charge in [0.05, 0.1) is 12.2 Å². The first-order chi connectivity index (χ1) is 10.4. The number of hydrogen-bond donors (Lipinski definition) is 2. The van der Waals surface area contributed by atoms with Crippen LogP contribution in [0.3, 0.4) is 0 Å². The second-order valence-electron chi connectivity index (χ2n) is 9.18. The summed E-state index contributed by atoms with van der Waals surface area (Å²) >= 11 is 0. The van der Waals surface area contributed by atoms with Crippen molar-refractivity contribution in [1.29, 1.82) is 0 Å². The average Bonchev–Trinajstić information content (AvgIpc) is 2.76. The summed E-state index contributed by atoms with van der Waals surface area (Å²) in [7, 11) is 0. The van der Waals surface area contributed by atoms with Crippen LogP contribution >= 0.6 is 0 Å². The van der Waals surface area contributed by atoms with E-state index < -0.39 is 0 Å². The van der Waals surface area contributed by atoms with E-state index in [1.807, 2.05) is 0 Å².